The van der Waals surface area contributed by atoms with E-state index in [0.29, 0.717) is 0 Å². The molecule has 1 aliphatic heterocycles. The predicted octanol–water partition coefficient (Wildman–Crippen LogP) is 2.53. The summed E-state index contributed by atoms with van der Waals surface area (Å²) in [6.45, 7) is 3.35. The molecule has 1 aromatic rings. The first kappa shape index (κ1) is 16.6. The first-order valence-electron chi connectivity index (χ1n) is 9.40. The van der Waals surface area contributed by atoms with Crippen molar-refractivity contribution in [3.05, 3.63) is 35.9 Å². The molecule has 3 rings (SSSR count). The van der Waals surface area contributed by atoms with E-state index >= 15 is 0 Å². The van der Waals surface area contributed by atoms with E-state index in [-0.39, 0.29) is 5.92 Å². The average Bonchev–Trinajstić information content (AvgIpc) is 3.02. The largest absolute Gasteiger partial charge is 0.373 e. The van der Waals surface area contributed by atoms with Gasteiger partial charge in [-0.25, -0.2) is 0 Å². The molecule has 1 aromatic carbocycles. The van der Waals surface area contributed by atoms with Crippen molar-refractivity contribution >= 4 is 0 Å². The van der Waals surface area contributed by atoms with Crippen LogP contribution in [0.2, 0.25) is 0 Å². The Kier molecular flexibility index (Phi) is 5.75. The van der Waals surface area contributed by atoms with Gasteiger partial charge in [0.15, 0.2) is 5.60 Å². The number of likely N-dealkylation sites (tertiary alicyclic amines) is 1. The second kappa shape index (κ2) is 7.99. The molecule has 124 valence electrons. The zero-order chi connectivity index (χ0) is 16.0. The molecule has 0 unspecified atom stereocenters. The van der Waals surface area contributed by atoms with Gasteiger partial charge in [-0.2, -0.15) is 0 Å². The third-order valence-electron chi connectivity index (χ3n) is 5.59. The minimum absolute atomic E-state index is 0.288. The summed E-state index contributed by atoms with van der Waals surface area (Å²) in [6, 6.07) is 10.1. The molecule has 1 saturated heterocycles. The highest BCUT2D eigenvalue weighted by atomic mass is 16.3. The lowest BCUT2D eigenvalue weighted by Gasteiger charge is -2.29. The molecule has 0 aromatic heterocycles. The molecular weight excluding hydrogens is 282 g/mol. The zero-order valence-electron chi connectivity index (χ0n) is 14.2. The molecule has 1 heterocycles. The van der Waals surface area contributed by atoms with Gasteiger partial charge in [-0.3, -0.25) is 0 Å². The van der Waals surface area contributed by atoms with Crippen LogP contribution in [0.5, 0.6) is 0 Å². The van der Waals surface area contributed by atoms with Crippen LogP contribution in [0.3, 0.4) is 0 Å². The molecule has 1 aliphatic carbocycles. The van der Waals surface area contributed by atoms with Gasteiger partial charge < -0.3 is 10.0 Å². The average molecular weight is 312 g/mol. The van der Waals surface area contributed by atoms with Crippen LogP contribution in [-0.4, -0.2) is 24.7 Å². The maximum absolute atomic E-state index is 11.4. The molecule has 2 heteroatoms. The standard InChI is InChI=1S/C21H29NO/c23-21(20-13-6-7-14-20,19-11-4-3-5-12-19)15-10-18-22-16-8-1-2-9-17-22/h3-5,11-12,20,23H,1-2,6-9,13-14,16-18H2/p+1/t21-/m1/s1. The Balaban J connectivity index is 1.75. The van der Waals surface area contributed by atoms with E-state index < -0.39 is 5.60 Å². The minimum Gasteiger partial charge on any atom is -0.373 e. The number of quaternary nitrogens is 1. The van der Waals surface area contributed by atoms with Gasteiger partial charge >= 0.3 is 0 Å². The Morgan fingerprint density at radius 1 is 0.957 bits per heavy atom. The van der Waals surface area contributed by atoms with Crippen molar-refractivity contribution in [2.75, 3.05) is 19.6 Å². The topological polar surface area (TPSA) is 24.7 Å². The van der Waals surface area contributed by atoms with Gasteiger partial charge in [-0.1, -0.05) is 49.1 Å². The molecule has 0 spiro atoms. The summed E-state index contributed by atoms with van der Waals surface area (Å²) >= 11 is 0. The van der Waals surface area contributed by atoms with Crippen LogP contribution in [0.1, 0.15) is 56.9 Å². The van der Waals surface area contributed by atoms with Crippen LogP contribution in [0.15, 0.2) is 30.3 Å². The Morgan fingerprint density at radius 2 is 1.61 bits per heavy atom. The van der Waals surface area contributed by atoms with Crippen molar-refractivity contribution in [3.8, 4) is 11.8 Å². The first-order valence-corrected chi connectivity index (χ1v) is 9.40. The van der Waals surface area contributed by atoms with Crippen LogP contribution < -0.4 is 4.90 Å². The summed E-state index contributed by atoms with van der Waals surface area (Å²) in [7, 11) is 0. The number of aliphatic hydroxyl groups is 1. The SMILES string of the molecule is O[C@](C#CC[NH+]1CCCCCC1)(c1ccccc1)C1CCCC1. The van der Waals surface area contributed by atoms with E-state index in [0.717, 1.165) is 24.9 Å². The van der Waals surface area contributed by atoms with E-state index in [4.69, 9.17) is 0 Å². The van der Waals surface area contributed by atoms with E-state index in [1.165, 1.54) is 51.6 Å². The summed E-state index contributed by atoms with van der Waals surface area (Å²) < 4.78 is 0. The first-order chi connectivity index (χ1) is 11.3. The van der Waals surface area contributed by atoms with E-state index in [2.05, 4.69) is 11.8 Å². The summed E-state index contributed by atoms with van der Waals surface area (Å²) in [5.74, 6) is 6.96. The van der Waals surface area contributed by atoms with Crippen molar-refractivity contribution in [3.63, 3.8) is 0 Å². The molecule has 0 bridgehead atoms. The summed E-state index contributed by atoms with van der Waals surface area (Å²) in [4.78, 5) is 1.59. The fraction of sp³-hybridized carbons (Fsp3) is 0.619. The summed E-state index contributed by atoms with van der Waals surface area (Å²) in [5, 5.41) is 11.4. The highest BCUT2D eigenvalue weighted by molar-refractivity contribution is 5.33. The smallest absolute Gasteiger partial charge is 0.153 e. The summed E-state index contributed by atoms with van der Waals surface area (Å²) in [5.41, 5.74) is 0.0218. The predicted molar refractivity (Wildman–Crippen MR) is 94.1 cm³/mol. The molecule has 1 saturated carbocycles. The van der Waals surface area contributed by atoms with Crippen molar-refractivity contribution < 1.29 is 10.0 Å². The Morgan fingerprint density at radius 3 is 2.26 bits per heavy atom. The van der Waals surface area contributed by atoms with Gasteiger partial charge in [0.1, 0.15) is 6.54 Å². The van der Waals surface area contributed by atoms with Crippen molar-refractivity contribution in [1.82, 2.24) is 0 Å². The Bertz CT molecular complexity index is 530. The molecule has 2 fully saturated rings. The second-order valence-electron chi connectivity index (χ2n) is 7.26. The van der Waals surface area contributed by atoms with Gasteiger partial charge in [0.2, 0.25) is 0 Å². The molecule has 23 heavy (non-hydrogen) atoms. The lowest BCUT2D eigenvalue weighted by molar-refractivity contribution is -0.891. The van der Waals surface area contributed by atoms with Crippen molar-refractivity contribution in [2.45, 2.75) is 57.0 Å². The van der Waals surface area contributed by atoms with Gasteiger partial charge in [0, 0.05) is 5.92 Å². The van der Waals surface area contributed by atoms with Crippen molar-refractivity contribution in [2.24, 2.45) is 5.92 Å². The van der Waals surface area contributed by atoms with Crippen LogP contribution in [0, 0.1) is 17.8 Å². The van der Waals surface area contributed by atoms with Crippen LogP contribution in [-0.2, 0) is 5.60 Å². The number of benzene rings is 1. The van der Waals surface area contributed by atoms with Gasteiger partial charge in [-0.15, -0.1) is 0 Å². The maximum Gasteiger partial charge on any atom is 0.153 e. The fourth-order valence-corrected chi connectivity index (χ4v) is 4.16. The molecule has 2 aliphatic rings. The molecule has 0 amide bonds. The Hall–Kier alpha value is -1.30. The maximum atomic E-state index is 11.4. The molecule has 0 radical (unpaired) electrons. The molecule has 1 atom stereocenters. The third-order valence-corrected chi connectivity index (χ3v) is 5.59. The number of rotatable bonds is 3. The highest BCUT2D eigenvalue weighted by Crippen LogP contribution is 2.40. The lowest BCUT2D eigenvalue weighted by atomic mass is 9.80. The van der Waals surface area contributed by atoms with Crippen LogP contribution >= 0.6 is 0 Å². The fourth-order valence-electron chi connectivity index (χ4n) is 4.16. The van der Waals surface area contributed by atoms with Gasteiger partial charge in [0.05, 0.1) is 13.1 Å². The van der Waals surface area contributed by atoms with E-state index in [9.17, 15) is 5.11 Å². The van der Waals surface area contributed by atoms with Crippen molar-refractivity contribution in [1.29, 1.82) is 0 Å². The monoisotopic (exact) mass is 312 g/mol. The molecule has 2 nitrogen and oxygen atoms in total. The van der Waals surface area contributed by atoms with E-state index in [1.54, 1.807) is 4.90 Å². The number of hydrogen-bond donors (Lipinski definition) is 2. The quantitative estimate of drug-likeness (QED) is 0.824. The zero-order valence-corrected chi connectivity index (χ0v) is 14.2. The number of nitrogens with one attached hydrogen (secondary N) is 1. The van der Waals surface area contributed by atoms with Gasteiger partial charge in [0.25, 0.3) is 0 Å². The normalized spacial score (nSPS) is 22.8. The van der Waals surface area contributed by atoms with E-state index in [1.807, 2.05) is 30.3 Å². The lowest BCUT2D eigenvalue weighted by Crippen LogP contribution is -3.11. The van der Waals surface area contributed by atoms with Crippen LogP contribution in [0.4, 0.5) is 0 Å². The third kappa shape index (κ3) is 4.16. The summed E-state index contributed by atoms with van der Waals surface area (Å²) in [6.07, 6.45) is 10.0. The van der Waals surface area contributed by atoms with Crippen LogP contribution in [0.25, 0.3) is 0 Å². The molecule has 2 N–H and O–H groups in total. The number of hydrogen-bond acceptors (Lipinski definition) is 1. The minimum atomic E-state index is -0.955. The highest BCUT2D eigenvalue weighted by Gasteiger charge is 2.38. The molecular formula is C21H30NO+. The Labute approximate surface area is 140 Å². The second-order valence-corrected chi connectivity index (χ2v) is 7.26. The van der Waals surface area contributed by atoms with Gasteiger partial charge in [-0.05, 0) is 50.0 Å².